The molecule has 0 saturated carbocycles. The number of fused-ring (bicyclic) bond motifs is 1. The van der Waals surface area contributed by atoms with E-state index in [2.05, 4.69) is 10.6 Å². The Hall–Kier alpha value is -1.88. The Kier molecular flexibility index (Phi) is 5.12. The molecule has 0 unspecified atom stereocenters. The van der Waals surface area contributed by atoms with Gasteiger partial charge in [-0.05, 0) is 49.6 Å². The molecule has 20 heavy (non-hydrogen) atoms. The van der Waals surface area contributed by atoms with Gasteiger partial charge in [-0.1, -0.05) is 6.42 Å². The first kappa shape index (κ1) is 14.5. The van der Waals surface area contributed by atoms with Gasteiger partial charge in [0.25, 0.3) is 0 Å². The van der Waals surface area contributed by atoms with Gasteiger partial charge in [-0.3, -0.25) is 9.59 Å². The molecule has 108 valence electrons. The first-order valence-electron chi connectivity index (χ1n) is 7.12. The van der Waals surface area contributed by atoms with Crippen LogP contribution in [0.25, 0.3) is 0 Å². The van der Waals surface area contributed by atoms with Crippen LogP contribution in [0.2, 0.25) is 0 Å². The molecule has 0 radical (unpaired) electrons. The standard InChI is InChI=1S/C15H21N3O2/c16-9-3-1-2-4-14(19)17-12-6-7-13-11(10-12)5-8-15(20)18-13/h6-7,10H,1-5,8-9,16H2,(H,17,19)(H,18,20). The fraction of sp³-hybridized carbons (Fsp3) is 0.467. The highest BCUT2D eigenvalue weighted by Gasteiger charge is 2.15. The van der Waals surface area contributed by atoms with Gasteiger partial charge in [0.2, 0.25) is 11.8 Å². The van der Waals surface area contributed by atoms with E-state index < -0.39 is 0 Å². The number of carbonyl (C=O) groups excluding carboxylic acids is 2. The van der Waals surface area contributed by atoms with E-state index in [9.17, 15) is 9.59 Å². The molecule has 1 aliphatic rings. The molecule has 5 heteroatoms. The van der Waals surface area contributed by atoms with E-state index in [-0.39, 0.29) is 11.8 Å². The van der Waals surface area contributed by atoms with E-state index in [1.807, 2.05) is 18.2 Å². The average molecular weight is 275 g/mol. The Morgan fingerprint density at radius 1 is 1.25 bits per heavy atom. The van der Waals surface area contributed by atoms with Gasteiger partial charge in [0.15, 0.2) is 0 Å². The van der Waals surface area contributed by atoms with Crippen LogP contribution in [-0.2, 0) is 16.0 Å². The average Bonchev–Trinajstić information content (AvgIpc) is 2.44. The van der Waals surface area contributed by atoms with Crippen molar-refractivity contribution in [2.75, 3.05) is 17.2 Å². The van der Waals surface area contributed by atoms with Crippen LogP contribution in [0, 0.1) is 0 Å². The van der Waals surface area contributed by atoms with Gasteiger partial charge in [-0.25, -0.2) is 0 Å². The maximum atomic E-state index is 11.8. The number of nitrogens with two attached hydrogens (primary N) is 1. The van der Waals surface area contributed by atoms with Crippen LogP contribution in [-0.4, -0.2) is 18.4 Å². The summed E-state index contributed by atoms with van der Waals surface area (Å²) in [4.78, 5) is 23.1. The number of rotatable bonds is 6. The zero-order valence-corrected chi connectivity index (χ0v) is 11.6. The molecule has 1 heterocycles. The van der Waals surface area contributed by atoms with E-state index >= 15 is 0 Å². The van der Waals surface area contributed by atoms with E-state index in [0.29, 0.717) is 19.4 Å². The molecule has 0 saturated heterocycles. The largest absolute Gasteiger partial charge is 0.330 e. The Balaban J connectivity index is 1.87. The second-order valence-electron chi connectivity index (χ2n) is 5.07. The molecule has 2 rings (SSSR count). The number of carbonyl (C=O) groups is 2. The Bertz CT molecular complexity index is 500. The number of hydrogen-bond acceptors (Lipinski definition) is 3. The van der Waals surface area contributed by atoms with Crippen LogP contribution in [0.4, 0.5) is 11.4 Å². The smallest absolute Gasteiger partial charge is 0.224 e. The van der Waals surface area contributed by atoms with E-state index in [1.165, 1.54) is 0 Å². The normalized spacial score (nSPS) is 13.6. The number of amides is 2. The third kappa shape index (κ3) is 4.06. The van der Waals surface area contributed by atoms with Crippen molar-refractivity contribution in [2.45, 2.75) is 38.5 Å². The Morgan fingerprint density at radius 2 is 2.10 bits per heavy atom. The zero-order valence-electron chi connectivity index (χ0n) is 11.6. The number of hydrogen-bond donors (Lipinski definition) is 3. The molecule has 0 fully saturated rings. The molecule has 1 aromatic carbocycles. The summed E-state index contributed by atoms with van der Waals surface area (Å²) >= 11 is 0. The summed E-state index contributed by atoms with van der Waals surface area (Å²) in [5.74, 6) is 0.0796. The molecular formula is C15H21N3O2. The lowest BCUT2D eigenvalue weighted by molar-refractivity contribution is -0.117. The molecule has 0 spiro atoms. The van der Waals surface area contributed by atoms with Crippen LogP contribution < -0.4 is 16.4 Å². The molecule has 4 N–H and O–H groups in total. The van der Waals surface area contributed by atoms with Crippen molar-refractivity contribution in [1.29, 1.82) is 0 Å². The fourth-order valence-corrected chi connectivity index (χ4v) is 2.29. The lowest BCUT2D eigenvalue weighted by Crippen LogP contribution is -2.19. The van der Waals surface area contributed by atoms with Gasteiger partial charge in [-0.2, -0.15) is 0 Å². The molecule has 2 amide bonds. The van der Waals surface area contributed by atoms with Gasteiger partial charge in [0.05, 0.1) is 0 Å². The summed E-state index contributed by atoms with van der Waals surface area (Å²) in [7, 11) is 0. The number of benzene rings is 1. The van der Waals surface area contributed by atoms with Crippen LogP contribution in [0.1, 0.15) is 37.7 Å². The van der Waals surface area contributed by atoms with Crippen molar-refractivity contribution in [3.05, 3.63) is 23.8 Å². The predicted octanol–water partition coefficient (Wildman–Crippen LogP) is 2.03. The summed E-state index contributed by atoms with van der Waals surface area (Å²) in [6, 6.07) is 5.60. The quantitative estimate of drug-likeness (QED) is 0.694. The molecule has 1 aliphatic heterocycles. The van der Waals surface area contributed by atoms with E-state index in [1.54, 1.807) is 0 Å². The molecule has 0 aromatic heterocycles. The highest BCUT2D eigenvalue weighted by Crippen LogP contribution is 2.25. The monoisotopic (exact) mass is 275 g/mol. The van der Waals surface area contributed by atoms with Gasteiger partial charge in [-0.15, -0.1) is 0 Å². The molecule has 0 atom stereocenters. The van der Waals surface area contributed by atoms with E-state index in [4.69, 9.17) is 5.73 Å². The molecule has 0 bridgehead atoms. The zero-order chi connectivity index (χ0) is 14.4. The van der Waals surface area contributed by atoms with Crippen molar-refractivity contribution in [2.24, 2.45) is 5.73 Å². The molecule has 5 nitrogen and oxygen atoms in total. The molecule has 0 aliphatic carbocycles. The van der Waals surface area contributed by atoms with Gasteiger partial charge >= 0.3 is 0 Å². The third-order valence-corrected chi connectivity index (χ3v) is 3.39. The second-order valence-corrected chi connectivity index (χ2v) is 5.07. The minimum absolute atomic E-state index is 0.0295. The second kappa shape index (κ2) is 7.05. The summed E-state index contributed by atoms with van der Waals surface area (Å²) < 4.78 is 0. The van der Waals surface area contributed by atoms with Crippen molar-refractivity contribution < 1.29 is 9.59 Å². The fourth-order valence-electron chi connectivity index (χ4n) is 2.29. The predicted molar refractivity (Wildman–Crippen MR) is 79.5 cm³/mol. The lowest BCUT2D eigenvalue weighted by atomic mass is 10.0. The summed E-state index contributed by atoms with van der Waals surface area (Å²) in [6.07, 6.45) is 4.56. The lowest BCUT2D eigenvalue weighted by Gasteiger charge is -2.17. The molecule has 1 aromatic rings. The third-order valence-electron chi connectivity index (χ3n) is 3.39. The maximum Gasteiger partial charge on any atom is 0.224 e. The maximum absolute atomic E-state index is 11.8. The van der Waals surface area contributed by atoms with Crippen LogP contribution in [0.15, 0.2) is 18.2 Å². The van der Waals surface area contributed by atoms with Crippen molar-refractivity contribution in [1.82, 2.24) is 0 Å². The van der Waals surface area contributed by atoms with Gasteiger partial charge < -0.3 is 16.4 Å². The molecular weight excluding hydrogens is 254 g/mol. The van der Waals surface area contributed by atoms with Gasteiger partial charge in [0, 0.05) is 24.2 Å². The number of aryl methyl sites for hydroxylation is 1. The summed E-state index contributed by atoms with van der Waals surface area (Å²) in [5.41, 5.74) is 8.13. The SMILES string of the molecule is NCCCCCC(=O)Nc1ccc2c(c1)CCC(=O)N2. The van der Waals surface area contributed by atoms with Crippen LogP contribution in [0.5, 0.6) is 0 Å². The highest BCUT2D eigenvalue weighted by atomic mass is 16.2. The van der Waals surface area contributed by atoms with Crippen molar-refractivity contribution in [3.8, 4) is 0 Å². The number of anilines is 2. The Labute approximate surface area is 118 Å². The topological polar surface area (TPSA) is 84.2 Å². The Morgan fingerprint density at radius 3 is 2.90 bits per heavy atom. The highest BCUT2D eigenvalue weighted by molar-refractivity contribution is 5.95. The minimum atomic E-state index is 0.0295. The number of unbranched alkanes of at least 4 members (excludes halogenated alkanes) is 2. The number of nitrogens with one attached hydrogen (secondary N) is 2. The summed E-state index contributed by atoms with van der Waals surface area (Å²) in [6.45, 7) is 0.679. The first-order valence-corrected chi connectivity index (χ1v) is 7.12. The van der Waals surface area contributed by atoms with Crippen molar-refractivity contribution >= 4 is 23.2 Å². The van der Waals surface area contributed by atoms with Gasteiger partial charge in [0.1, 0.15) is 0 Å². The van der Waals surface area contributed by atoms with E-state index in [0.717, 1.165) is 42.6 Å². The minimum Gasteiger partial charge on any atom is -0.330 e. The van der Waals surface area contributed by atoms with Crippen molar-refractivity contribution in [3.63, 3.8) is 0 Å². The van der Waals surface area contributed by atoms with Crippen LogP contribution >= 0.6 is 0 Å². The first-order chi connectivity index (χ1) is 9.69. The van der Waals surface area contributed by atoms with Crippen LogP contribution in [0.3, 0.4) is 0 Å². The summed E-state index contributed by atoms with van der Waals surface area (Å²) in [5, 5.41) is 5.72.